The van der Waals surface area contributed by atoms with E-state index in [1.807, 2.05) is 24.5 Å². The molecule has 0 fully saturated rings. The van der Waals surface area contributed by atoms with Crippen LogP contribution in [0.15, 0.2) is 47.5 Å². The van der Waals surface area contributed by atoms with Gasteiger partial charge in [0.15, 0.2) is 0 Å². The van der Waals surface area contributed by atoms with Gasteiger partial charge in [-0.15, -0.1) is 11.8 Å². The highest BCUT2D eigenvalue weighted by atomic mass is 32.2. The second kappa shape index (κ2) is 8.88. The summed E-state index contributed by atoms with van der Waals surface area (Å²) in [4.78, 5) is 16.9. The summed E-state index contributed by atoms with van der Waals surface area (Å²) in [6.07, 6.45) is 2.52. The summed E-state index contributed by atoms with van der Waals surface area (Å²) in [5.74, 6) is 0.699. The van der Waals surface area contributed by atoms with Crippen LogP contribution < -0.4 is 5.32 Å². The first kappa shape index (κ1) is 18.5. The van der Waals surface area contributed by atoms with Crippen LogP contribution in [-0.2, 0) is 11.3 Å². The lowest BCUT2D eigenvalue weighted by Gasteiger charge is -2.14. The van der Waals surface area contributed by atoms with Crippen molar-refractivity contribution < 1.29 is 4.79 Å². The Labute approximate surface area is 149 Å². The first-order valence-corrected chi connectivity index (χ1v) is 9.59. The van der Waals surface area contributed by atoms with Gasteiger partial charge in [0, 0.05) is 24.2 Å². The summed E-state index contributed by atoms with van der Waals surface area (Å²) in [6, 6.07) is 14.3. The number of carbonyl (C=O) groups excluding carboxylic acids is 1. The van der Waals surface area contributed by atoms with Crippen LogP contribution in [0.4, 0.5) is 0 Å². The smallest absolute Gasteiger partial charge is 0.220 e. The fourth-order valence-corrected chi connectivity index (χ4v) is 3.16. The fraction of sp³-hybridized carbons (Fsp3) is 0.400. The number of hydrogen-bond acceptors (Lipinski definition) is 3. The molecule has 1 atom stereocenters. The highest BCUT2D eigenvalue weighted by Crippen LogP contribution is 2.22. The fourth-order valence-electron chi connectivity index (χ4n) is 2.56. The predicted octanol–water partition coefficient (Wildman–Crippen LogP) is 4.74. The second-order valence-corrected chi connectivity index (χ2v) is 7.15. The van der Waals surface area contributed by atoms with Crippen molar-refractivity contribution in [3.8, 4) is 0 Å². The van der Waals surface area contributed by atoms with E-state index in [4.69, 9.17) is 0 Å². The molecule has 128 valence electrons. The second-order valence-electron chi connectivity index (χ2n) is 6.35. The summed E-state index contributed by atoms with van der Waals surface area (Å²) < 4.78 is 0. The molecule has 1 aromatic heterocycles. The van der Waals surface area contributed by atoms with Gasteiger partial charge in [-0.1, -0.05) is 57.2 Å². The molecule has 2 rings (SSSR count). The summed E-state index contributed by atoms with van der Waals surface area (Å²) >= 11 is 1.63. The predicted molar refractivity (Wildman–Crippen MR) is 101 cm³/mol. The molecule has 0 spiro atoms. The Balaban J connectivity index is 1.94. The number of rotatable bonds is 7. The minimum Gasteiger partial charge on any atom is -0.352 e. The van der Waals surface area contributed by atoms with Crippen LogP contribution in [0.2, 0.25) is 0 Å². The summed E-state index contributed by atoms with van der Waals surface area (Å²) in [6.45, 7) is 6.89. The minimum atomic E-state index is 0.0753. The van der Waals surface area contributed by atoms with E-state index < -0.39 is 0 Å². The van der Waals surface area contributed by atoms with Crippen LogP contribution in [0.25, 0.3) is 0 Å². The van der Waals surface area contributed by atoms with E-state index >= 15 is 0 Å². The van der Waals surface area contributed by atoms with E-state index in [1.165, 1.54) is 5.56 Å². The monoisotopic (exact) mass is 342 g/mol. The summed E-state index contributed by atoms with van der Waals surface area (Å²) in [5.41, 5.74) is 3.36. The number of nitrogens with one attached hydrogen (secondary N) is 1. The van der Waals surface area contributed by atoms with Gasteiger partial charge in [-0.25, -0.2) is 4.98 Å². The quantitative estimate of drug-likeness (QED) is 0.739. The minimum absolute atomic E-state index is 0.0753. The van der Waals surface area contributed by atoms with Crippen molar-refractivity contribution >= 4 is 17.7 Å². The first-order chi connectivity index (χ1) is 11.5. The molecular weight excluding hydrogens is 316 g/mol. The Hall–Kier alpha value is -1.81. The lowest BCUT2D eigenvalue weighted by atomic mass is 9.97. The van der Waals surface area contributed by atoms with E-state index in [2.05, 4.69) is 55.3 Å². The molecule has 2 aromatic rings. The van der Waals surface area contributed by atoms with Crippen molar-refractivity contribution in [3.05, 3.63) is 59.3 Å². The van der Waals surface area contributed by atoms with Crippen LogP contribution in [0.3, 0.4) is 0 Å². The van der Waals surface area contributed by atoms with Gasteiger partial charge in [-0.3, -0.25) is 4.79 Å². The molecule has 0 aliphatic heterocycles. The molecule has 3 nitrogen and oxygen atoms in total. The number of nitrogens with zero attached hydrogens (tertiary/aromatic N) is 1. The molecule has 0 unspecified atom stereocenters. The van der Waals surface area contributed by atoms with Crippen molar-refractivity contribution in [3.63, 3.8) is 0 Å². The number of benzene rings is 1. The average Bonchev–Trinajstić information content (AvgIpc) is 2.60. The maximum Gasteiger partial charge on any atom is 0.220 e. The molecule has 1 amide bonds. The van der Waals surface area contributed by atoms with E-state index in [1.54, 1.807) is 11.8 Å². The Bertz CT molecular complexity index is 671. The standard InChI is InChI=1S/C20H26N2OS/c1-14(2)18-11-10-17(20(22-18)24-4)13-21-19(23)12-15(3)16-8-6-5-7-9-16/h5-11,14-15H,12-13H2,1-4H3,(H,21,23)/t15-/m1/s1. The van der Waals surface area contributed by atoms with Gasteiger partial charge in [0.1, 0.15) is 5.03 Å². The molecule has 4 heteroatoms. The molecular formula is C20H26N2OS. The van der Waals surface area contributed by atoms with Gasteiger partial charge < -0.3 is 5.32 Å². The SMILES string of the molecule is CSc1nc(C(C)C)ccc1CNC(=O)C[C@@H](C)c1ccccc1. The molecule has 1 aromatic carbocycles. The zero-order valence-corrected chi connectivity index (χ0v) is 15.7. The Kier molecular flexibility index (Phi) is 6.85. The van der Waals surface area contributed by atoms with E-state index in [0.717, 1.165) is 16.3 Å². The zero-order valence-electron chi connectivity index (χ0n) is 14.9. The van der Waals surface area contributed by atoms with Crippen molar-refractivity contribution in [2.45, 2.75) is 50.6 Å². The summed E-state index contributed by atoms with van der Waals surface area (Å²) in [5, 5.41) is 4.03. The van der Waals surface area contributed by atoms with E-state index in [0.29, 0.717) is 18.9 Å². The van der Waals surface area contributed by atoms with Crippen molar-refractivity contribution in [1.82, 2.24) is 10.3 Å². The number of pyridine rings is 1. The summed E-state index contributed by atoms with van der Waals surface area (Å²) in [7, 11) is 0. The number of carbonyl (C=O) groups is 1. The van der Waals surface area contributed by atoms with Crippen LogP contribution >= 0.6 is 11.8 Å². The lowest BCUT2D eigenvalue weighted by Crippen LogP contribution is -2.24. The van der Waals surface area contributed by atoms with Crippen molar-refractivity contribution in [2.24, 2.45) is 0 Å². The van der Waals surface area contributed by atoms with Gasteiger partial charge in [0.2, 0.25) is 5.91 Å². The van der Waals surface area contributed by atoms with Gasteiger partial charge in [0.25, 0.3) is 0 Å². The molecule has 1 N–H and O–H groups in total. The molecule has 0 saturated heterocycles. The third-order valence-corrected chi connectivity index (χ3v) is 4.82. The van der Waals surface area contributed by atoms with Gasteiger partial charge in [-0.2, -0.15) is 0 Å². The average molecular weight is 343 g/mol. The zero-order chi connectivity index (χ0) is 17.5. The van der Waals surface area contributed by atoms with Crippen LogP contribution in [0, 0.1) is 0 Å². The largest absolute Gasteiger partial charge is 0.352 e. The van der Waals surface area contributed by atoms with Crippen LogP contribution in [0.5, 0.6) is 0 Å². The number of amides is 1. The van der Waals surface area contributed by atoms with Crippen LogP contribution in [-0.4, -0.2) is 17.1 Å². The van der Waals surface area contributed by atoms with Crippen LogP contribution in [0.1, 0.15) is 55.8 Å². The third-order valence-electron chi connectivity index (χ3n) is 4.08. The molecule has 0 aliphatic rings. The number of aromatic nitrogens is 1. The Morgan fingerprint density at radius 3 is 2.46 bits per heavy atom. The van der Waals surface area contributed by atoms with Gasteiger partial charge in [-0.05, 0) is 29.7 Å². The maximum absolute atomic E-state index is 12.2. The Morgan fingerprint density at radius 2 is 1.83 bits per heavy atom. The topological polar surface area (TPSA) is 42.0 Å². The first-order valence-electron chi connectivity index (χ1n) is 8.36. The number of hydrogen-bond donors (Lipinski definition) is 1. The highest BCUT2D eigenvalue weighted by molar-refractivity contribution is 7.98. The molecule has 24 heavy (non-hydrogen) atoms. The normalized spacial score (nSPS) is 12.2. The van der Waals surface area contributed by atoms with E-state index in [9.17, 15) is 4.79 Å². The van der Waals surface area contributed by atoms with Crippen molar-refractivity contribution in [1.29, 1.82) is 0 Å². The molecule has 0 aliphatic carbocycles. The van der Waals surface area contributed by atoms with Gasteiger partial charge >= 0.3 is 0 Å². The Morgan fingerprint density at radius 1 is 1.12 bits per heavy atom. The maximum atomic E-state index is 12.2. The molecule has 0 bridgehead atoms. The molecule has 0 saturated carbocycles. The third kappa shape index (κ3) is 5.10. The number of thioether (sulfide) groups is 1. The van der Waals surface area contributed by atoms with E-state index in [-0.39, 0.29) is 11.8 Å². The van der Waals surface area contributed by atoms with Gasteiger partial charge in [0.05, 0.1) is 0 Å². The highest BCUT2D eigenvalue weighted by Gasteiger charge is 2.12. The lowest BCUT2D eigenvalue weighted by molar-refractivity contribution is -0.121. The molecule has 1 heterocycles. The van der Waals surface area contributed by atoms with Crippen molar-refractivity contribution in [2.75, 3.05) is 6.26 Å². The molecule has 0 radical (unpaired) electrons.